The Morgan fingerprint density at radius 3 is 2.52 bits per heavy atom. The molecule has 0 fully saturated rings. The molecule has 1 atom stereocenters. The Hall–Kier alpha value is -1.85. The fourth-order valence-corrected chi connectivity index (χ4v) is 3.55. The van der Waals surface area contributed by atoms with Crippen molar-refractivity contribution in [2.75, 3.05) is 13.7 Å². The number of rotatable bonds is 8. The zero-order chi connectivity index (χ0) is 18.2. The summed E-state index contributed by atoms with van der Waals surface area (Å²) in [5.74, 6) is -0.791. The van der Waals surface area contributed by atoms with Gasteiger partial charge in [0.25, 0.3) is 0 Å². The molecule has 0 aliphatic carbocycles. The van der Waals surface area contributed by atoms with Crippen molar-refractivity contribution in [1.29, 1.82) is 0 Å². The van der Waals surface area contributed by atoms with Crippen molar-refractivity contribution >= 4 is 34.8 Å². The monoisotopic (exact) mass is 379 g/mol. The third-order valence-electron chi connectivity index (χ3n) is 3.91. The first-order valence-electron chi connectivity index (χ1n) is 8.12. The van der Waals surface area contributed by atoms with E-state index in [2.05, 4.69) is 5.32 Å². The summed E-state index contributed by atoms with van der Waals surface area (Å²) in [6, 6.07) is 11.8. The van der Waals surface area contributed by atoms with E-state index >= 15 is 0 Å². The third-order valence-corrected chi connectivity index (χ3v) is 5.20. The highest BCUT2D eigenvalue weighted by Crippen LogP contribution is 2.22. The third kappa shape index (κ3) is 6.52. The second kappa shape index (κ2) is 9.59. The van der Waals surface area contributed by atoms with E-state index in [9.17, 15) is 9.59 Å². The van der Waals surface area contributed by atoms with E-state index < -0.39 is 5.92 Å². The van der Waals surface area contributed by atoms with Gasteiger partial charge in [-0.15, -0.1) is 11.3 Å². The predicted octanol–water partition coefficient (Wildman–Crippen LogP) is 3.79. The second-order valence-electron chi connectivity index (χ2n) is 5.92. The zero-order valence-electron chi connectivity index (χ0n) is 14.4. The molecule has 0 bridgehead atoms. The van der Waals surface area contributed by atoms with Crippen LogP contribution >= 0.6 is 22.9 Å². The Labute approximate surface area is 157 Å². The molecule has 1 heterocycles. The Bertz CT molecular complexity index is 712. The van der Waals surface area contributed by atoms with E-state index in [-0.39, 0.29) is 18.4 Å². The van der Waals surface area contributed by atoms with Crippen molar-refractivity contribution < 1.29 is 14.3 Å². The van der Waals surface area contributed by atoms with Crippen molar-refractivity contribution in [3.05, 3.63) is 56.7 Å². The average molecular weight is 380 g/mol. The lowest BCUT2D eigenvalue weighted by Gasteiger charge is -2.15. The second-order valence-corrected chi connectivity index (χ2v) is 7.72. The molecule has 4 nitrogen and oxygen atoms in total. The predicted molar refractivity (Wildman–Crippen MR) is 101 cm³/mol. The van der Waals surface area contributed by atoms with Gasteiger partial charge in [-0.2, -0.15) is 0 Å². The summed E-state index contributed by atoms with van der Waals surface area (Å²) in [7, 11) is 1.37. The number of thiophene rings is 1. The summed E-state index contributed by atoms with van der Waals surface area (Å²) in [6.45, 7) is 2.28. The van der Waals surface area contributed by atoms with Gasteiger partial charge in [-0.05, 0) is 37.5 Å². The lowest BCUT2D eigenvalue weighted by molar-refractivity contribution is -0.145. The maximum Gasteiger partial charge on any atom is 0.310 e. The zero-order valence-corrected chi connectivity index (χ0v) is 16.0. The highest BCUT2D eigenvalue weighted by molar-refractivity contribution is 7.16. The van der Waals surface area contributed by atoms with Crippen LogP contribution in [0.25, 0.3) is 0 Å². The minimum Gasteiger partial charge on any atom is -0.469 e. The highest BCUT2D eigenvalue weighted by Gasteiger charge is 2.20. The van der Waals surface area contributed by atoms with Gasteiger partial charge < -0.3 is 10.1 Å². The van der Waals surface area contributed by atoms with Gasteiger partial charge in [-0.25, -0.2) is 0 Å². The molecule has 1 aromatic heterocycles. The van der Waals surface area contributed by atoms with Gasteiger partial charge >= 0.3 is 5.97 Å². The molecule has 6 heteroatoms. The average Bonchev–Trinajstić information content (AvgIpc) is 3.03. The Morgan fingerprint density at radius 2 is 1.92 bits per heavy atom. The molecular formula is C19H22ClNO3S. The van der Waals surface area contributed by atoms with Crippen LogP contribution in [0.3, 0.4) is 0 Å². The molecule has 0 saturated heterocycles. The number of amides is 1. The summed E-state index contributed by atoms with van der Waals surface area (Å²) >= 11 is 7.36. The molecule has 1 N–H and O–H groups in total. The van der Waals surface area contributed by atoms with Crippen molar-refractivity contribution in [2.24, 2.45) is 5.92 Å². The lowest BCUT2D eigenvalue weighted by Crippen LogP contribution is -2.34. The molecule has 0 saturated carbocycles. The Morgan fingerprint density at radius 1 is 1.20 bits per heavy atom. The number of esters is 1. The fraction of sp³-hybridized carbons (Fsp3) is 0.368. The van der Waals surface area contributed by atoms with E-state index in [0.29, 0.717) is 19.3 Å². The van der Waals surface area contributed by atoms with Gasteiger partial charge in [0.05, 0.1) is 17.4 Å². The van der Waals surface area contributed by atoms with E-state index in [1.807, 2.05) is 43.3 Å². The number of aryl methyl sites for hydroxylation is 2. The van der Waals surface area contributed by atoms with Crippen LogP contribution < -0.4 is 5.32 Å². The van der Waals surface area contributed by atoms with Crippen molar-refractivity contribution in [3.63, 3.8) is 0 Å². The van der Waals surface area contributed by atoms with Crippen molar-refractivity contribution in [3.8, 4) is 0 Å². The molecule has 0 aliphatic rings. The van der Waals surface area contributed by atoms with Crippen LogP contribution in [0.4, 0.5) is 0 Å². The quantitative estimate of drug-likeness (QED) is 0.710. The summed E-state index contributed by atoms with van der Waals surface area (Å²) in [4.78, 5) is 25.1. The van der Waals surface area contributed by atoms with Gasteiger partial charge in [0.15, 0.2) is 0 Å². The van der Waals surface area contributed by atoms with E-state index in [1.54, 1.807) is 0 Å². The van der Waals surface area contributed by atoms with Crippen LogP contribution in [0.2, 0.25) is 4.34 Å². The van der Waals surface area contributed by atoms with Crippen molar-refractivity contribution in [2.45, 2.75) is 26.2 Å². The minimum absolute atomic E-state index is 0.0812. The molecule has 0 aliphatic heterocycles. The SMILES string of the molecule is COC(=O)C(CNC(=O)CCc1ccc(Cl)s1)Cc1ccc(C)cc1. The summed E-state index contributed by atoms with van der Waals surface area (Å²) < 4.78 is 5.59. The highest BCUT2D eigenvalue weighted by atomic mass is 35.5. The molecule has 1 aromatic carbocycles. The number of hydrogen-bond acceptors (Lipinski definition) is 4. The number of benzene rings is 1. The Kier molecular flexibility index (Phi) is 7.47. The van der Waals surface area contributed by atoms with Gasteiger partial charge in [-0.1, -0.05) is 41.4 Å². The van der Waals surface area contributed by atoms with Gasteiger partial charge in [0.2, 0.25) is 5.91 Å². The first-order valence-corrected chi connectivity index (χ1v) is 9.31. The van der Waals surface area contributed by atoms with Crippen LogP contribution in [0.1, 0.15) is 22.4 Å². The first kappa shape index (κ1) is 19.5. The fourth-order valence-electron chi connectivity index (χ4n) is 2.46. The lowest BCUT2D eigenvalue weighted by atomic mass is 9.98. The largest absolute Gasteiger partial charge is 0.469 e. The smallest absolute Gasteiger partial charge is 0.310 e. The summed E-state index contributed by atoms with van der Waals surface area (Å²) in [5, 5.41) is 2.84. The topological polar surface area (TPSA) is 55.4 Å². The van der Waals surface area contributed by atoms with Crippen molar-refractivity contribution in [1.82, 2.24) is 5.32 Å². The maximum absolute atomic E-state index is 12.0. The molecule has 134 valence electrons. The van der Waals surface area contributed by atoms with E-state index in [4.69, 9.17) is 16.3 Å². The first-order chi connectivity index (χ1) is 12.0. The number of halogens is 1. The minimum atomic E-state index is -0.396. The molecule has 25 heavy (non-hydrogen) atoms. The molecule has 2 aromatic rings. The number of carbonyl (C=O) groups is 2. The number of methoxy groups -OCH3 is 1. The van der Waals surface area contributed by atoms with Gasteiger partial charge in [-0.3, -0.25) is 9.59 Å². The maximum atomic E-state index is 12.0. The molecule has 1 amide bonds. The molecule has 1 unspecified atom stereocenters. The number of ether oxygens (including phenoxy) is 1. The van der Waals surface area contributed by atoms with E-state index in [0.717, 1.165) is 14.8 Å². The normalized spacial score (nSPS) is 11.8. The van der Waals surface area contributed by atoms with Crippen LogP contribution in [-0.2, 0) is 27.2 Å². The van der Waals surface area contributed by atoms with E-state index in [1.165, 1.54) is 24.0 Å². The number of hydrogen-bond donors (Lipinski definition) is 1. The molecular weight excluding hydrogens is 358 g/mol. The van der Waals surface area contributed by atoms with Crippen LogP contribution in [-0.4, -0.2) is 25.5 Å². The number of carbonyl (C=O) groups excluding carboxylic acids is 2. The van der Waals surface area contributed by atoms with Crippen LogP contribution in [0.15, 0.2) is 36.4 Å². The molecule has 2 rings (SSSR count). The molecule has 0 radical (unpaired) electrons. The van der Waals surface area contributed by atoms with Crippen LogP contribution in [0, 0.1) is 12.8 Å². The standard InChI is InChI=1S/C19H22ClNO3S/c1-13-3-5-14(6-4-13)11-15(19(23)24-2)12-21-18(22)10-8-16-7-9-17(20)25-16/h3-7,9,15H,8,10-12H2,1-2H3,(H,21,22). The Balaban J connectivity index is 1.85. The van der Waals surface area contributed by atoms with Gasteiger partial charge in [0.1, 0.15) is 0 Å². The number of nitrogens with one attached hydrogen (secondary N) is 1. The summed E-state index contributed by atoms with van der Waals surface area (Å²) in [5.41, 5.74) is 2.21. The van der Waals surface area contributed by atoms with Gasteiger partial charge in [0, 0.05) is 17.8 Å². The molecule has 0 spiro atoms. The van der Waals surface area contributed by atoms with Crippen LogP contribution in [0.5, 0.6) is 0 Å². The summed E-state index contributed by atoms with van der Waals surface area (Å²) in [6.07, 6.45) is 1.55.